The summed E-state index contributed by atoms with van der Waals surface area (Å²) in [6, 6.07) is 22.5. The molecule has 2 saturated heterocycles. The summed E-state index contributed by atoms with van der Waals surface area (Å²) in [7, 11) is 0. The highest BCUT2D eigenvalue weighted by Gasteiger charge is 2.44. The number of hydrogen-bond acceptors (Lipinski definition) is 3. The number of carbonyl (C=O) groups excluding carboxylic acids is 1. The van der Waals surface area contributed by atoms with Crippen molar-refractivity contribution < 1.29 is 13.9 Å². The van der Waals surface area contributed by atoms with Crippen molar-refractivity contribution >= 4 is 11.7 Å². The van der Waals surface area contributed by atoms with E-state index in [1.165, 1.54) is 23.3 Å². The number of rotatable bonds is 4. The van der Waals surface area contributed by atoms with Gasteiger partial charge >= 0.3 is 6.03 Å². The molecular formula is C28H28FN3O2. The van der Waals surface area contributed by atoms with E-state index in [0.717, 1.165) is 44.7 Å². The van der Waals surface area contributed by atoms with Crippen molar-refractivity contribution in [1.82, 2.24) is 9.80 Å². The Labute approximate surface area is 199 Å². The molecule has 6 rings (SSSR count). The number of amides is 2. The summed E-state index contributed by atoms with van der Waals surface area (Å²) in [6.45, 7) is 3.81. The number of hydrogen-bond donors (Lipinski definition) is 1. The monoisotopic (exact) mass is 457 g/mol. The molecule has 2 fully saturated rings. The minimum absolute atomic E-state index is 0.0403. The second-order valence-electron chi connectivity index (χ2n) is 9.72. The topological polar surface area (TPSA) is 44.8 Å². The summed E-state index contributed by atoms with van der Waals surface area (Å²) < 4.78 is 18.8. The Balaban J connectivity index is 1.00. The number of carbonyl (C=O) groups is 1. The van der Waals surface area contributed by atoms with E-state index in [4.69, 9.17) is 4.74 Å². The lowest BCUT2D eigenvalue weighted by Gasteiger charge is -2.26. The zero-order chi connectivity index (χ0) is 23.1. The maximum atomic E-state index is 13.0. The first-order chi connectivity index (χ1) is 16.6. The normalized spacial score (nSPS) is 22.0. The molecule has 2 amide bonds. The smallest absolute Gasteiger partial charge is 0.321 e. The van der Waals surface area contributed by atoms with E-state index in [-0.39, 0.29) is 11.8 Å². The quantitative estimate of drug-likeness (QED) is 0.587. The van der Waals surface area contributed by atoms with Crippen molar-refractivity contribution in [1.29, 1.82) is 0 Å². The van der Waals surface area contributed by atoms with Crippen LogP contribution in [0.3, 0.4) is 0 Å². The minimum Gasteiger partial charge on any atom is -0.457 e. The molecule has 3 aromatic rings. The molecule has 0 saturated carbocycles. The van der Waals surface area contributed by atoms with E-state index in [9.17, 15) is 9.18 Å². The van der Waals surface area contributed by atoms with E-state index >= 15 is 0 Å². The van der Waals surface area contributed by atoms with E-state index < -0.39 is 0 Å². The third kappa shape index (κ3) is 4.26. The lowest BCUT2D eigenvalue weighted by molar-refractivity contribution is 0.199. The number of anilines is 1. The zero-order valence-electron chi connectivity index (χ0n) is 19.0. The fourth-order valence-electron chi connectivity index (χ4n) is 5.73. The number of urea groups is 1. The summed E-state index contributed by atoms with van der Waals surface area (Å²) in [5.41, 5.74) is 3.73. The Morgan fingerprint density at radius 1 is 0.794 bits per heavy atom. The minimum atomic E-state index is -0.298. The standard InChI is InChI=1S/C28H28FN3O2/c29-23-5-9-26(10-6-23)34-27-11-7-24(8-12-27)30-28(33)32-17-21-15-31(16-22(21)18-32)25-13-19-3-1-2-4-20(19)14-25/h1-12,21-22,25H,13-18H2,(H,30,33). The van der Waals surface area contributed by atoms with Crippen molar-refractivity contribution in [3.8, 4) is 11.5 Å². The van der Waals surface area contributed by atoms with E-state index in [0.29, 0.717) is 29.4 Å². The molecule has 2 heterocycles. The van der Waals surface area contributed by atoms with Crippen LogP contribution in [0.5, 0.6) is 11.5 Å². The van der Waals surface area contributed by atoms with Crippen LogP contribution in [0.1, 0.15) is 11.1 Å². The molecule has 2 aliphatic heterocycles. The molecule has 0 radical (unpaired) electrons. The summed E-state index contributed by atoms with van der Waals surface area (Å²) in [5, 5.41) is 3.02. The second-order valence-corrected chi connectivity index (χ2v) is 9.72. The van der Waals surface area contributed by atoms with Crippen molar-refractivity contribution in [3.63, 3.8) is 0 Å². The van der Waals surface area contributed by atoms with Crippen LogP contribution in [0.25, 0.3) is 0 Å². The lowest BCUT2D eigenvalue weighted by atomic mass is 10.0. The van der Waals surface area contributed by atoms with Gasteiger partial charge in [-0.25, -0.2) is 9.18 Å². The van der Waals surface area contributed by atoms with Gasteiger partial charge in [-0.3, -0.25) is 4.90 Å². The van der Waals surface area contributed by atoms with Gasteiger partial charge in [-0.15, -0.1) is 0 Å². The number of benzene rings is 3. The molecular weight excluding hydrogens is 429 g/mol. The van der Waals surface area contributed by atoms with Crippen molar-refractivity contribution in [2.45, 2.75) is 18.9 Å². The molecule has 5 nitrogen and oxygen atoms in total. The van der Waals surface area contributed by atoms with Gasteiger partial charge in [-0.1, -0.05) is 24.3 Å². The average Bonchev–Trinajstić information content (AvgIpc) is 3.54. The molecule has 2 unspecified atom stereocenters. The Kier molecular flexibility index (Phi) is 5.46. The maximum Gasteiger partial charge on any atom is 0.321 e. The molecule has 1 aliphatic carbocycles. The fraction of sp³-hybridized carbons (Fsp3) is 0.321. The molecule has 3 aliphatic rings. The highest BCUT2D eigenvalue weighted by atomic mass is 19.1. The molecule has 0 spiro atoms. The highest BCUT2D eigenvalue weighted by molar-refractivity contribution is 5.89. The third-order valence-corrected chi connectivity index (χ3v) is 7.50. The van der Waals surface area contributed by atoms with Crippen LogP contribution in [-0.2, 0) is 12.8 Å². The molecule has 0 bridgehead atoms. The van der Waals surface area contributed by atoms with Gasteiger partial charge in [-0.2, -0.15) is 0 Å². The Hall–Kier alpha value is -3.38. The SMILES string of the molecule is O=C(Nc1ccc(Oc2ccc(F)cc2)cc1)N1CC2CN(C3Cc4ccccc4C3)CC2C1. The third-order valence-electron chi connectivity index (χ3n) is 7.50. The molecule has 34 heavy (non-hydrogen) atoms. The highest BCUT2D eigenvalue weighted by Crippen LogP contribution is 2.36. The Morgan fingerprint density at radius 2 is 1.35 bits per heavy atom. The van der Waals surface area contributed by atoms with Crippen LogP contribution < -0.4 is 10.1 Å². The zero-order valence-corrected chi connectivity index (χ0v) is 19.0. The number of likely N-dealkylation sites (tertiary alicyclic amines) is 2. The first-order valence-corrected chi connectivity index (χ1v) is 12.0. The lowest BCUT2D eigenvalue weighted by Crippen LogP contribution is -2.39. The average molecular weight is 458 g/mol. The first kappa shape index (κ1) is 21.2. The van der Waals surface area contributed by atoms with Gasteiger partial charge in [-0.05, 0) is 84.3 Å². The molecule has 2 atom stereocenters. The number of nitrogens with zero attached hydrogens (tertiary/aromatic N) is 2. The fourth-order valence-corrected chi connectivity index (χ4v) is 5.73. The van der Waals surface area contributed by atoms with E-state index in [2.05, 4.69) is 34.5 Å². The summed E-state index contributed by atoms with van der Waals surface area (Å²) in [6.07, 6.45) is 2.31. The molecule has 1 N–H and O–H groups in total. The number of fused-ring (bicyclic) bond motifs is 2. The van der Waals surface area contributed by atoms with Gasteiger partial charge in [0.25, 0.3) is 0 Å². The molecule has 174 valence electrons. The summed E-state index contributed by atoms with van der Waals surface area (Å²) in [4.78, 5) is 17.5. The van der Waals surface area contributed by atoms with E-state index in [1.54, 1.807) is 24.3 Å². The Bertz CT molecular complexity index is 1140. The summed E-state index contributed by atoms with van der Waals surface area (Å²) in [5.74, 6) is 2.02. The van der Waals surface area contributed by atoms with Crippen LogP contribution >= 0.6 is 0 Å². The van der Waals surface area contributed by atoms with Gasteiger partial charge < -0.3 is 15.0 Å². The predicted molar refractivity (Wildman–Crippen MR) is 130 cm³/mol. The Morgan fingerprint density at radius 3 is 1.94 bits per heavy atom. The molecule has 3 aromatic carbocycles. The molecule has 6 heteroatoms. The van der Waals surface area contributed by atoms with Gasteiger partial charge in [0.05, 0.1) is 0 Å². The van der Waals surface area contributed by atoms with Crippen molar-refractivity contribution in [2.75, 3.05) is 31.5 Å². The first-order valence-electron chi connectivity index (χ1n) is 12.0. The van der Waals surface area contributed by atoms with E-state index in [1.807, 2.05) is 17.0 Å². The largest absolute Gasteiger partial charge is 0.457 e. The van der Waals surface area contributed by atoms with Crippen molar-refractivity contribution in [2.24, 2.45) is 11.8 Å². The van der Waals surface area contributed by atoms with Crippen molar-refractivity contribution in [3.05, 3.63) is 89.7 Å². The second kappa shape index (κ2) is 8.76. The van der Waals surface area contributed by atoms with Crippen LogP contribution in [0.4, 0.5) is 14.9 Å². The van der Waals surface area contributed by atoms with Gasteiger partial charge in [0.2, 0.25) is 0 Å². The number of nitrogens with one attached hydrogen (secondary N) is 1. The maximum absolute atomic E-state index is 13.0. The van der Waals surface area contributed by atoms with Crippen LogP contribution in [0.15, 0.2) is 72.8 Å². The van der Waals surface area contributed by atoms with Gasteiger partial charge in [0.1, 0.15) is 17.3 Å². The van der Waals surface area contributed by atoms with Crippen LogP contribution in [0.2, 0.25) is 0 Å². The number of ether oxygens (including phenoxy) is 1. The van der Waals surface area contributed by atoms with Gasteiger partial charge in [0.15, 0.2) is 0 Å². The van der Waals surface area contributed by atoms with Crippen LogP contribution in [-0.4, -0.2) is 48.1 Å². The van der Waals surface area contributed by atoms with Crippen LogP contribution in [0, 0.1) is 17.7 Å². The summed E-state index contributed by atoms with van der Waals surface area (Å²) >= 11 is 0. The molecule has 0 aromatic heterocycles. The number of halogens is 1. The van der Waals surface area contributed by atoms with Gasteiger partial charge in [0, 0.05) is 37.9 Å². The predicted octanol–water partition coefficient (Wildman–Crippen LogP) is 5.18.